The van der Waals surface area contributed by atoms with Gasteiger partial charge in [0.15, 0.2) is 5.82 Å². The predicted molar refractivity (Wildman–Crippen MR) is 65.6 cm³/mol. The van der Waals surface area contributed by atoms with Gasteiger partial charge in [-0.3, -0.25) is 4.90 Å². The highest BCUT2D eigenvalue weighted by Crippen LogP contribution is 2.15. The molecule has 17 heavy (non-hydrogen) atoms. The molecule has 1 aliphatic rings. The predicted octanol–water partition coefficient (Wildman–Crippen LogP) is 1.34. The molecule has 0 radical (unpaired) electrons. The van der Waals surface area contributed by atoms with Crippen LogP contribution in [0.25, 0.3) is 0 Å². The van der Waals surface area contributed by atoms with Crippen molar-refractivity contribution >= 4 is 0 Å². The van der Waals surface area contributed by atoms with E-state index >= 15 is 0 Å². The van der Waals surface area contributed by atoms with Crippen LogP contribution in [0.5, 0.6) is 0 Å². The van der Waals surface area contributed by atoms with Gasteiger partial charge in [0, 0.05) is 6.04 Å². The molecule has 0 saturated carbocycles. The first-order chi connectivity index (χ1) is 8.29. The Morgan fingerprint density at radius 2 is 2.18 bits per heavy atom. The second-order valence-corrected chi connectivity index (χ2v) is 4.69. The summed E-state index contributed by atoms with van der Waals surface area (Å²) in [6.07, 6.45) is 3.59. The van der Waals surface area contributed by atoms with E-state index < -0.39 is 0 Å². The number of nitrogens with zero attached hydrogens (tertiary/aromatic N) is 3. The van der Waals surface area contributed by atoms with Crippen molar-refractivity contribution in [2.45, 2.75) is 45.7 Å². The fraction of sp³-hybridized carbons (Fsp3) is 0.833. The van der Waals surface area contributed by atoms with E-state index in [1.54, 1.807) is 0 Å². The van der Waals surface area contributed by atoms with Gasteiger partial charge in [-0.2, -0.15) is 4.98 Å². The first-order valence-corrected chi connectivity index (χ1v) is 6.53. The monoisotopic (exact) mass is 238 g/mol. The Labute approximate surface area is 103 Å². The van der Waals surface area contributed by atoms with Crippen LogP contribution < -0.4 is 5.32 Å². The highest BCUT2D eigenvalue weighted by atomic mass is 16.5. The van der Waals surface area contributed by atoms with Crippen molar-refractivity contribution in [3.8, 4) is 0 Å². The largest absolute Gasteiger partial charge is 0.338 e. The van der Waals surface area contributed by atoms with Gasteiger partial charge in [0.05, 0.1) is 6.54 Å². The highest BCUT2D eigenvalue weighted by Gasteiger charge is 2.22. The Hall–Kier alpha value is -0.940. The Balaban J connectivity index is 1.95. The summed E-state index contributed by atoms with van der Waals surface area (Å²) in [7, 11) is 0. The van der Waals surface area contributed by atoms with Crippen molar-refractivity contribution in [3.05, 3.63) is 11.7 Å². The van der Waals surface area contributed by atoms with Gasteiger partial charge in [-0.15, -0.1) is 0 Å². The fourth-order valence-electron chi connectivity index (χ4n) is 2.43. The highest BCUT2D eigenvalue weighted by molar-refractivity contribution is 4.86. The van der Waals surface area contributed by atoms with Gasteiger partial charge in [-0.05, 0) is 45.8 Å². The Morgan fingerprint density at radius 1 is 1.41 bits per heavy atom. The van der Waals surface area contributed by atoms with Gasteiger partial charge in [-0.1, -0.05) is 12.1 Å². The van der Waals surface area contributed by atoms with Gasteiger partial charge in [-0.25, -0.2) is 0 Å². The van der Waals surface area contributed by atoms with Crippen molar-refractivity contribution in [2.24, 2.45) is 0 Å². The Kier molecular flexibility index (Phi) is 4.50. The Morgan fingerprint density at radius 3 is 2.76 bits per heavy atom. The molecule has 0 unspecified atom stereocenters. The molecule has 1 aromatic heterocycles. The van der Waals surface area contributed by atoms with Gasteiger partial charge in [0.2, 0.25) is 5.89 Å². The van der Waals surface area contributed by atoms with Crippen molar-refractivity contribution < 1.29 is 4.52 Å². The van der Waals surface area contributed by atoms with Crippen molar-refractivity contribution in [3.63, 3.8) is 0 Å². The summed E-state index contributed by atoms with van der Waals surface area (Å²) in [5.41, 5.74) is 0. The van der Waals surface area contributed by atoms with Crippen LogP contribution >= 0.6 is 0 Å². The second-order valence-electron chi connectivity index (χ2n) is 4.69. The summed E-state index contributed by atoms with van der Waals surface area (Å²) in [5.74, 6) is 1.47. The van der Waals surface area contributed by atoms with Crippen LogP contribution in [0.3, 0.4) is 0 Å². The van der Waals surface area contributed by atoms with E-state index in [4.69, 9.17) is 4.52 Å². The number of aromatic nitrogens is 2. The maximum atomic E-state index is 5.21. The zero-order valence-electron chi connectivity index (χ0n) is 10.8. The van der Waals surface area contributed by atoms with Gasteiger partial charge in [0.1, 0.15) is 0 Å². The standard InChI is InChI=1S/C12H22N4O/c1-3-8-16(11-4-6-13-7-5-11)9-12-14-10(2)15-17-12/h11,13H,3-9H2,1-2H3. The Bertz CT molecular complexity index is 333. The molecule has 2 heterocycles. The number of nitrogens with one attached hydrogen (secondary N) is 1. The molecule has 1 fully saturated rings. The molecular formula is C12H22N4O. The van der Waals surface area contributed by atoms with Crippen LogP contribution in [0.2, 0.25) is 0 Å². The summed E-state index contributed by atoms with van der Waals surface area (Å²) < 4.78 is 5.21. The molecular weight excluding hydrogens is 216 g/mol. The number of aryl methyl sites for hydroxylation is 1. The number of rotatable bonds is 5. The molecule has 5 nitrogen and oxygen atoms in total. The zero-order chi connectivity index (χ0) is 12.1. The topological polar surface area (TPSA) is 54.2 Å². The fourth-order valence-corrected chi connectivity index (χ4v) is 2.43. The molecule has 96 valence electrons. The maximum absolute atomic E-state index is 5.21. The number of hydrogen-bond donors (Lipinski definition) is 1. The minimum Gasteiger partial charge on any atom is -0.338 e. The summed E-state index contributed by atoms with van der Waals surface area (Å²) in [4.78, 5) is 6.77. The first-order valence-electron chi connectivity index (χ1n) is 6.53. The molecule has 0 aliphatic carbocycles. The maximum Gasteiger partial charge on any atom is 0.240 e. The third-order valence-electron chi connectivity index (χ3n) is 3.24. The quantitative estimate of drug-likeness (QED) is 0.839. The van der Waals surface area contributed by atoms with Crippen molar-refractivity contribution in [1.82, 2.24) is 20.4 Å². The van der Waals surface area contributed by atoms with E-state index in [-0.39, 0.29) is 0 Å². The molecule has 2 rings (SSSR count). The first kappa shape index (κ1) is 12.5. The van der Waals surface area contributed by atoms with Crippen molar-refractivity contribution in [1.29, 1.82) is 0 Å². The molecule has 1 aromatic rings. The lowest BCUT2D eigenvalue weighted by Gasteiger charge is -2.33. The average Bonchev–Trinajstić information content (AvgIpc) is 2.75. The van der Waals surface area contributed by atoms with Crippen LogP contribution in [-0.2, 0) is 6.54 Å². The molecule has 1 N–H and O–H groups in total. The average molecular weight is 238 g/mol. The third-order valence-corrected chi connectivity index (χ3v) is 3.24. The molecule has 0 aromatic carbocycles. The molecule has 0 spiro atoms. The summed E-state index contributed by atoms with van der Waals surface area (Å²) in [6, 6.07) is 0.656. The molecule has 1 aliphatic heterocycles. The van der Waals surface area contributed by atoms with E-state index in [2.05, 4.69) is 27.3 Å². The minimum absolute atomic E-state index is 0.656. The lowest BCUT2D eigenvalue weighted by atomic mass is 10.0. The zero-order valence-corrected chi connectivity index (χ0v) is 10.8. The van der Waals surface area contributed by atoms with E-state index in [1.165, 1.54) is 12.8 Å². The van der Waals surface area contributed by atoms with Crippen LogP contribution in [0.4, 0.5) is 0 Å². The number of hydrogen-bond acceptors (Lipinski definition) is 5. The molecule has 0 atom stereocenters. The lowest BCUT2D eigenvalue weighted by Crippen LogP contribution is -2.43. The van der Waals surface area contributed by atoms with E-state index in [0.29, 0.717) is 6.04 Å². The van der Waals surface area contributed by atoms with Crippen LogP contribution in [0.15, 0.2) is 4.52 Å². The van der Waals surface area contributed by atoms with Crippen LogP contribution in [0, 0.1) is 6.92 Å². The van der Waals surface area contributed by atoms with E-state index in [9.17, 15) is 0 Å². The van der Waals surface area contributed by atoms with Gasteiger partial charge < -0.3 is 9.84 Å². The SMILES string of the molecule is CCCN(Cc1nc(C)no1)C1CCNCC1. The lowest BCUT2D eigenvalue weighted by molar-refractivity contribution is 0.137. The second kappa shape index (κ2) is 6.12. The molecule has 0 amide bonds. The third kappa shape index (κ3) is 3.51. The van der Waals surface area contributed by atoms with E-state index in [1.807, 2.05) is 6.92 Å². The molecule has 1 saturated heterocycles. The van der Waals surface area contributed by atoms with Gasteiger partial charge in [0.25, 0.3) is 0 Å². The van der Waals surface area contributed by atoms with E-state index in [0.717, 1.165) is 44.3 Å². The van der Waals surface area contributed by atoms with Crippen LogP contribution in [-0.4, -0.2) is 40.7 Å². The normalized spacial score (nSPS) is 17.8. The summed E-state index contributed by atoms with van der Waals surface area (Å²) in [5, 5.41) is 7.25. The summed E-state index contributed by atoms with van der Waals surface area (Å²) >= 11 is 0. The number of piperidine rings is 1. The minimum atomic E-state index is 0.656. The molecule has 5 heteroatoms. The molecule has 0 bridgehead atoms. The van der Waals surface area contributed by atoms with Gasteiger partial charge >= 0.3 is 0 Å². The van der Waals surface area contributed by atoms with Crippen molar-refractivity contribution in [2.75, 3.05) is 19.6 Å². The van der Waals surface area contributed by atoms with Crippen LogP contribution in [0.1, 0.15) is 37.9 Å². The summed E-state index contributed by atoms with van der Waals surface area (Å²) in [6.45, 7) is 8.21. The smallest absolute Gasteiger partial charge is 0.240 e.